The van der Waals surface area contributed by atoms with Crippen molar-refractivity contribution in [3.63, 3.8) is 0 Å². The minimum absolute atomic E-state index is 0.821. The van der Waals surface area contributed by atoms with Gasteiger partial charge in [-0.3, -0.25) is 9.78 Å². The predicted octanol–water partition coefficient (Wildman–Crippen LogP) is 0.396. The van der Waals surface area contributed by atoms with Crippen LogP contribution in [-0.4, -0.2) is 26.5 Å². The fraction of sp³-hybridized carbons (Fsp3) is 0.333. The maximum atomic E-state index is 4.11. The number of hydrogen-bond donors (Lipinski definition) is 2. The molecule has 0 radical (unpaired) electrons. The highest BCUT2D eigenvalue weighted by atomic mass is 15.3. The second-order valence-electron chi connectivity index (χ2n) is 3.03. The third-order valence-electron chi connectivity index (χ3n) is 1.95. The third-order valence-corrected chi connectivity index (χ3v) is 1.95. The van der Waals surface area contributed by atoms with E-state index in [1.807, 2.05) is 23.0 Å². The largest absolute Gasteiger partial charge is 0.309 e. The zero-order valence-corrected chi connectivity index (χ0v) is 7.85. The topological polar surface area (TPSA) is 58.5 Å². The first-order valence-corrected chi connectivity index (χ1v) is 4.61. The molecule has 0 aliphatic rings. The lowest BCUT2D eigenvalue weighted by Crippen LogP contribution is -2.19. The Labute approximate surface area is 82.1 Å². The summed E-state index contributed by atoms with van der Waals surface area (Å²) in [5, 5.41) is 14.2. The summed E-state index contributed by atoms with van der Waals surface area (Å²) < 4.78 is 1.90. The van der Waals surface area contributed by atoms with Crippen LogP contribution in [0.4, 0.5) is 0 Å². The van der Waals surface area contributed by atoms with Crippen LogP contribution in [0.1, 0.15) is 5.69 Å². The van der Waals surface area contributed by atoms with Crippen LogP contribution in [0.5, 0.6) is 0 Å². The van der Waals surface area contributed by atoms with Crippen molar-refractivity contribution in [2.24, 2.45) is 0 Å². The number of nitrogens with one attached hydrogen (secondary N) is 2. The molecule has 2 aromatic rings. The minimum Gasteiger partial charge on any atom is -0.309 e. The first kappa shape index (κ1) is 8.96. The molecule has 0 atom stereocenters. The lowest BCUT2D eigenvalue weighted by atomic mass is 10.4. The van der Waals surface area contributed by atoms with Gasteiger partial charge in [-0.05, 0) is 12.1 Å². The Kier molecular flexibility index (Phi) is 2.92. The summed E-state index contributed by atoms with van der Waals surface area (Å²) in [6.07, 6.45) is 5.50. The zero-order chi connectivity index (χ0) is 9.64. The van der Waals surface area contributed by atoms with Gasteiger partial charge in [-0.15, -0.1) is 0 Å². The highest BCUT2D eigenvalue weighted by Crippen LogP contribution is 1.89. The molecule has 0 amide bonds. The smallest absolute Gasteiger partial charge is 0.0534 e. The van der Waals surface area contributed by atoms with Crippen molar-refractivity contribution >= 4 is 0 Å². The molecule has 0 saturated heterocycles. The van der Waals surface area contributed by atoms with Crippen molar-refractivity contribution < 1.29 is 0 Å². The van der Waals surface area contributed by atoms with Crippen molar-refractivity contribution in [2.45, 2.75) is 13.1 Å². The van der Waals surface area contributed by atoms with Gasteiger partial charge < -0.3 is 5.32 Å². The van der Waals surface area contributed by atoms with E-state index in [9.17, 15) is 0 Å². The Morgan fingerprint density at radius 3 is 3.14 bits per heavy atom. The van der Waals surface area contributed by atoms with Crippen LogP contribution >= 0.6 is 0 Å². The van der Waals surface area contributed by atoms with Crippen LogP contribution in [0.3, 0.4) is 0 Å². The van der Waals surface area contributed by atoms with Gasteiger partial charge in [0.1, 0.15) is 0 Å². The predicted molar refractivity (Wildman–Crippen MR) is 52.5 cm³/mol. The van der Waals surface area contributed by atoms with E-state index in [0.29, 0.717) is 0 Å². The average molecular weight is 191 g/mol. The second-order valence-corrected chi connectivity index (χ2v) is 3.03. The van der Waals surface area contributed by atoms with E-state index in [1.54, 1.807) is 12.4 Å². The van der Waals surface area contributed by atoms with Gasteiger partial charge in [0.25, 0.3) is 0 Å². The first-order chi connectivity index (χ1) is 6.95. The monoisotopic (exact) mass is 191 g/mol. The van der Waals surface area contributed by atoms with Crippen molar-refractivity contribution in [3.8, 4) is 0 Å². The molecule has 0 aliphatic carbocycles. The molecule has 14 heavy (non-hydrogen) atoms. The average Bonchev–Trinajstić information content (AvgIpc) is 2.86. The van der Waals surface area contributed by atoms with Crippen molar-refractivity contribution in [1.29, 1.82) is 0 Å². The lowest BCUT2D eigenvalue weighted by molar-refractivity contribution is 0.551. The molecule has 2 aromatic heterocycles. The van der Waals surface area contributed by atoms with Crippen LogP contribution in [0, 0.1) is 0 Å². The summed E-state index contributed by atoms with van der Waals surface area (Å²) in [6.45, 7) is 2.61. The van der Waals surface area contributed by atoms with Crippen molar-refractivity contribution in [1.82, 2.24) is 25.3 Å². The van der Waals surface area contributed by atoms with Crippen LogP contribution in [0.25, 0.3) is 0 Å². The maximum Gasteiger partial charge on any atom is 0.0534 e. The molecular weight excluding hydrogens is 178 g/mol. The van der Waals surface area contributed by atoms with Crippen LogP contribution in [0.2, 0.25) is 0 Å². The van der Waals surface area contributed by atoms with Crippen molar-refractivity contribution in [2.75, 3.05) is 6.54 Å². The van der Waals surface area contributed by atoms with E-state index in [2.05, 4.69) is 20.6 Å². The Balaban J connectivity index is 1.65. The van der Waals surface area contributed by atoms with Gasteiger partial charge in [0.2, 0.25) is 0 Å². The van der Waals surface area contributed by atoms with Gasteiger partial charge >= 0.3 is 0 Å². The molecule has 2 heterocycles. The highest BCUT2D eigenvalue weighted by molar-refractivity contribution is 4.96. The van der Waals surface area contributed by atoms with Crippen LogP contribution in [-0.2, 0) is 13.1 Å². The molecule has 5 nitrogen and oxygen atoms in total. The van der Waals surface area contributed by atoms with Gasteiger partial charge in [-0.1, -0.05) is 0 Å². The van der Waals surface area contributed by atoms with E-state index in [0.717, 1.165) is 25.3 Å². The summed E-state index contributed by atoms with van der Waals surface area (Å²) in [4.78, 5) is 0. The molecule has 74 valence electrons. The molecule has 0 aliphatic heterocycles. The summed E-state index contributed by atoms with van der Waals surface area (Å²) >= 11 is 0. The SMILES string of the molecule is c1cnn(CCNCc2ccn[nH]2)c1. The molecule has 0 bridgehead atoms. The summed E-state index contributed by atoms with van der Waals surface area (Å²) in [5.74, 6) is 0. The molecule has 0 saturated carbocycles. The molecule has 0 fully saturated rings. The third kappa shape index (κ3) is 2.43. The van der Waals surface area contributed by atoms with Crippen LogP contribution < -0.4 is 5.32 Å². The number of nitrogens with zero attached hydrogens (tertiary/aromatic N) is 3. The fourth-order valence-electron chi connectivity index (χ4n) is 1.23. The van der Waals surface area contributed by atoms with Gasteiger partial charge in [-0.2, -0.15) is 10.2 Å². The van der Waals surface area contributed by atoms with E-state index in [-0.39, 0.29) is 0 Å². The molecule has 2 N–H and O–H groups in total. The van der Waals surface area contributed by atoms with Gasteiger partial charge in [0.15, 0.2) is 0 Å². The minimum atomic E-state index is 0.821. The molecule has 2 rings (SSSR count). The first-order valence-electron chi connectivity index (χ1n) is 4.61. The van der Waals surface area contributed by atoms with E-state index in [1.165, 1.54) is 0 Å². The van der Waals surface area contributed by atoms with E-state index < -0.39 is 0 Å². The second kappa shape index (κ2) is 4.57. The van der Waals surface area contributed by atoms with Gasteiger partial charge in [0, 0.05) is 37.4 Å². The molecule has 0 aromatic carbocycles. The summed E-state index contributed by atoms with van der Waals surface area (Å²) in [6, 6.07) is 3.88. The van der Waals surface area contributed by atoms with E-state index in [4.69, 9.17) is 0 Å². The normalized spacial score (nSPS) is 10.6. The molecule has 5 heteroatoms. The number of hydrogen-bond acceptors (Lipinski definition) is 3. The number of H-pyrrole nitrogens is 1. The maximum absolute atomic E-state index is 4.11. The number of aromatic nitrogens is 4. The molecule has 0 unspecified atom stereocenters. The van der Waals surface area contributed by atoms with Crippen molar-refractivity contribution in [3.05, 3.63) is 36.4 Å². The number of aromatic amines is 1. The standard InChI is InChI=1S/C9H13N5/c1-3-12-14(6-1)7-5-10-8-9-2-4-11-13-9/h1-4,6,10H,5,7-8H2,(H,11,13). The fourth-order valence-corrected chi connectivity index (χ4v) is 1.23. The number of rotatable bonds is 5. The Bertz CT molecular complexity index is 301. The zero-order valence-electron chi connectivity index (χ0n) is 7.85. The Morgan fingerprint density at radius 1 is 1.43 bits per heavy atom. The molecular formula is C9H13N5. The lowest BCUT2D eigenvalue weighted by Gasteiger charge is -2.02. The quantitative estimate of drug-likeness (QED) is 0.672. The Hall–Kier alpha value is -1.62. The summed E-state index contributed by atoms with van der Waals surface area (Å²) in [5.41, 5.74) is 1.10. The Morgan fingerprint density at radius 2 is 2.43 bits per heavy atom. The van der Waals surface area contributed by atoms with Gasteiger partial charge in [-0.25, -0.2) is 0 Å². The highest BCUT2D eigenvalue weighted by Gasteiger charge is 1.93. The van der Waals surface area contributed by atoms with E-state index >= 15 is 0 Å². The molecule has 0 spiro atoms. The summed E-state index contributed by atoms with van der Waals surface area (Å²) in [7, 11) is 0. The van der Waals surface area contributed by atoms with Gasteiger partial charge in [0.05, 0.1) is 6.54 Å². The van der Waals surface area contributed by atoms with Crippen LogP contribution in [0.15, 0.2) is 30.7 Å².